The van der Waals surface area contributed by atoms with Crippen LogP contribution in [0, 0.1) is 0 Å². The molecule has 0 amide bonds. The molecule has 44 heavy (non-hydrogen) atoms. The SMILES string of the molecule is O=C(OC[C@@H]1OC(O)C(OC(=O)c2ccccc2)C(OC(=O)c2ccccc2)C1OC(=O)c1ccccc1)c1ccccc1. The lowest BCUT2D eigenvalue weighted by Crippen LogP contribution is -2.62. The van der Waals surface area contributed by atoms with Gasteiger partial charge >= 0.3 is 23.9 Å². The number of rotatable bonds is 9. The van der Waals surface area contributed by atoms with Gasteiger partial charge < -0.3 is 28.8 Å². The molecule has 1 heterocycles. The molecule has 224 valence electrons. The van der Waals surface area contributed by atoms with Gasteiger partial charge in [-0.3, -0.25) is 0 Å². The number of hydrogen-bond donors (Lipinski definition) is 1. The van der Waals surface area contributed by atoms with Gasteiger partial charge in [-0.1, -0.05) is 72.8 Å². The molecule has 1 aliphatic rings. The zero-order valence-corrected chi connectivity index (χ0v) is 23.3. The van der Waals surface area contributed by atoms with E-state index >= 15 is 0 Å². The Kier molecular flexibility index (Phi) is 9.75. The molecule has 4 aromatic rings. The molecule has 10 heteroatoms. The third-order valence-electron chi connectivity index (χ3n) is 6.76. The quantitative estimate of drug-likeness (QED) is 0.221. The Bertz CT molecular complexity index is 1560. The van der Waals surface area contributed by atoms with E-state index in [-0.39, 0.29) is 22.3 Å². The number of hydrogen-bond acceptors (Lipinski definition) is 10. The van der Waals surface area contributed by atoms with Crippen molar-refractivity contribution in [2.24, 2.45) is 0 Å². The van der Waals surface area contributed by atoms with Crippen molar-refractivity contribution in [3.8, 4) is 0 Å². The van der Waals surface area contributed by atoms with Crippen LogP contribution in [0.4, 0.5) is 0 Å². The van der Waals surface area contributed by atoms with E-state index in [9.17, 15) is 24.3 Å². The summed E-state index contributed by atoms with van der Waals surface area (Å²) in [5.41, 5.74) is 0.736. The van der Waals surface area contributed by atoms with Crippen LogP contribution in [0.3, 0.4) is 0 Å². The number of ether oxygens (including phenoxy) is 5. The minimum Gasteiger partial charge on any atom is -0.459 e. The lowest BCUT2D eigenvalue weighted by molar-refractivity contribution is -0.284. The first-order valence-electron chi connectivity index (χ1n) is 13.7. The van der Waals surface area contributed by atoms with E-state index in [1.807, 2.05) is 0 Å². The van der Waals surface area contributed by atoms with Gasteiger partial charge in [0.05, 0.1) is 22.3 Å². The van der Waals surface area contributed by atoms with Crippen LogP contribution < -0.4 is 0 Å². The fourth-order valence-corrected chi connectivity index (χ4v) is 4.54. The van der Waals surface area contributed by atoms with Crippen molar-refractivity contribution < 1.29 is 48.0 Å². The van der Waals surface area contributed by atoms with Crippen LogP contribution in [0.2, 0.25) is 0 Å². The van der Waals surface area contributed by atoms with Crippen molar-refractivity contribution in [2.75, 3.05) is 6.61 Å². The van der Waals surface area contributed by atoms with Crippen LogP contribution in [0.15, 0.2) is 121 Å². The maximum absolute atomic E-state index is 13.3. The Labute approximate surface area is 252 Å². The summed E-state index contributed by atoms with van der Waals surface area (Å²) in [6, 6.07) is 32.1. The topological polar surface area (TPSA) is 135 Å². The van der Waals surface area contributed by atoms with Gasteiger partial charge in [-0.05, 0) is 48.5 Å². The Hall–Kier alpha value is -5.32. The van der Waals surface area contributed by atoms with E-state index in [4.69, 9.17) is 23.7 Å². The summed E-state index contributed by atoms with van der Waals surface area (Å²) in [5.74, 6) is -3.21. The van der Waals surface area contributed by atoms with Crippen molar-refractivity contribution in [3.63, 3.8) is 0 Å². The highest BCUT2D eigenvalue weighted by atomic mass is 16.7. The molecule has 0 radical (unpaired) electrons. The highest BCUT2D eigenvalue weighted by Gasteiger charge is 2.52. The summed E-state index contributed by atoms with van der Waals surface area (Å²) in [4.78, 5) is 52.3. The second-order valence-corrected chi connectivity index (χ2v) is 9.74. The Morgan fingerprint density at radius 3 is 1.25 bits per heavy atom. The van der Waals surface area contributed by atoms with E-state index in [1.165, 1.54) is 36.4 Å². The molecule has 4 unspecified atom stereocenters. The van der Waals surface area contributed by atoms with Crippen LogP contribution in [-0.2, 0) is 23.7 Å². The monoisotopic (exact) mass is 596 g/mol. The first-order chi connectivity index (χ1) is 21.4. The summed E-state index contributed by atoms with van der Waals surface area (Å²) < 4.78 is 28.4. The van der Waals surface area contributed by atoms with Crippen LogP contribution in [0.1, 0.15) is 41.4 Å². The summed E-state index contributed by atoms with van der Waals surface area (Å²) in [6.07, 6.45) is -7.89. The van der Waals surface area contributed by atoms with Crippen molar-refractivity contribution in [3.05, 3.63) is 144 Å². The van der Waals surface area contributed by atoms with Gasteiger partial charge in [0.25, 0.3) is 0 Å². The lowest BCUT2D eigenvalue weighted by Gasteiger charge is -2.42. The fraction of sp³-hybridized carbons (Fsp3) is 0.176. The molecule has 4 aromatic carbocycles. The first kappa shape index (κ1) is 30.1. The number of esters is 4. The van der Waals surface area contributed by atoms with Crippen molar-refractivity contribution in [1.29, 1.82) is 0 Å². The molecule has 0 spiro atoms. The van der Waals surface area contributed by atoms with Crippen LogP contribution >= 0.6 is 0 Å². The number of aliphatic hydroxyl groups excluding tert-OH is 1. The minimum absolute atomic E-state index is 0.154. The zero-order valence-electron chi connectivity index (χ0n) is 23.3. The Morgan fingerprint density at radius 2 is 0.841 bits per heavy atom. The van der Waals surface area contributed by atoms with Crippen LogP contribution in [-0.4, -0.2) is 66.3 Å². The molecule has 0 bridgehead atoms. The van der Waals surface area contributed by atoms with Crippen molar-refractivity contribution in [1.82, 2.24) is 0 Å². The second-order valence-electron chi connectivity index (χ2n) is 9.74. The maximum atomic E-state index is 13.3. The number of carbonyl (C=O) groups is 4. The molecule has 1 N–H and O–H groups in total. The maximum Gasteiger partial charge on any atom is 0.338 e. The highest BCUT2D eigenvalue weighted by Crippen LogP contribution is 2.30. The van der Waals surface area contributed by atoms with Crippen LogP contribution in [0.5, 0.6) is 0 Å². The molecule has 0 aromatic heterocycles. The number of benzene rings is 4. The van der Waals surface area contributed by atoms with Gasteiger partial charge in [0.1, 0.15) is 12.7 Å². The van der Waals surface area contributed by atoms with E-state index in [0.29, 0.717) is 0 Å². The summed E-state index contributed by atoms with van der Waals surface area (Å²) in [6.45, 7) is -0.504. The smallest absolute Gasteiger partial charge is 0.338 e. The molecule has 10 nitrogen and oxygen atoms in total. The van der Waals surface area contributed by atoms with E-state index < -0.39 is 61.2 Å². The first-order valence-corrected chi connectivity index (χ1v) is 13.7. The largest absolute Gasteiger partial charge is 0.459 e. The predicted octanol–water partition coefficient (Wildman–Crippen LogP) is 4.24. The molecule has 0 aliphatic carbocycles. The van der Waals surface area contributed by atoms with Gasteiger partial charge in [0.2, 0.25) is 0 Å². The zero-order chi connectivity index (χ0) is 30.9. The van der Waals surface area contributed by atoms with E-state index in [1.54, 1.807) is 84.9 Å². The van der Waals surface area contributed by atoms with Gasteiger partial charge in [-0.25, -0.2) is 19.2 Å². The molecule has 5 rings (SSSR count). The van der Waals surface area contributed by atoms with Crippen molar-refractivity contribution >= 4 is 23.9 Å². The lowest BCUT2D eigenvalue weighted by atomic mass is 9.97. The summed E-state index contributed by atoms with van der Waals surface area (Å²) in [5, 5.41) is 11.1. The number of aliphatic hydroxyl groups is 1. The third kappa shape index (κ3) is 7.35. The molecular formula is C34H28O10. The molecular weight excluding hydrogens is 568 g/mol. The van der Waals surface area contributed by atoms with Gasteiger partial charge in [-0.2, -0.15) is 0 Å². The predicted molar refractivity (Wildman–Crippen MR) is 155 cm³/mol. The second kappa shape index (κ2) is 14.2. The third-order valence-corrected chi connectivity index (χ3v) is 6.76. The Morgan fingerprint density at radius 1 is 0.500 bits per heavy atom. The summed E-state index contributed by atoms with van der Waals surface area (Å²) >= 11 is 0. The highest BCUT2D eigenvalue weighted by molar-refractivity contribution is 5.91. The normalized spacial score (nSPS) is 21.0. The molecule has 1 fully saturated rings. The standard InChI is InChI=1S/C34H28O10/c35-30(22-13-5-1-6-14-22)40-21-26-27(42-31(36)23-15-7-2-8-16-23)28(43-32(37)24-17-9-3-10-18-24)29(34(39)41-26)44-33(38)25-19-11-4-12-20-25/h1-20,26-29,34,39H,21H2/t26-,27?,28?,29?,34?/m0/s1. The Balaban J connectivity index is 1.48. The number of carbonyl (C=O) groups excluding carboxylic acids is 4. The average molecular weight is 597 g/mol. The molecule has 0 saturated carbocycles. The average Bonchev–Trinajstić information content (AvgIpc) is 3.07. The minimum atomic E-state index is -1.86. The van der Waals surface area contributed by atoms with Gasteiger partial charge in [0.15, 0.2) is 24.6 Å². The molecule has 1 aliphatic heterocycles. The van der Waals surface area contributed by atoms with E-state index in [0.717, 1.165) is 0 Å². The van der Waals surface area contributed by atoms with E-state index in [2.05, 4.69) is 0 Å². The van der Waals surface area contributed by atoms with Gasteiger partial charge in [0, 0.05) is 0 Å². The van der Waals surface area contributed by atoms with Crippen LogP contribution in [0.25, 0.3) is 0 Å². The van der Waals surface area contributed by atoms with Crippen molar-refractivity contribution in [2.45, 2.75) is 30.7 Å². The molecule has 1 saturated heterocycles. The van der Waals surface area contributed by atoms with Gasteiger partial charge in [-0.15, -0.1) is 0 Å². The fourth-order valence-electron chi connectivity index (χ4n) is 4.54. The summed E-state index contributed by atoms with van der Waals surface area (Å²) in [7, 11) is 0. The molecule has 5 atom stereocenters.